The van der Waals surface area contributed by atoms with Crippen molar-refractivity contribution in [3.63, 3.8) is 0 Å². The molecule has 98 valence electrons. The molecule has 0 radical (unpaired) electrons. The largest absolute Gasteiger partial charge is 0.394 e. The van der Waals surface area contributed by atoms with Crippen LogP contribution in [0.1, 0.15) is 41.0 Å². The highest BCUT2D eigenvalue weighted by Crippen LogP contribution is 2.28. The molecule has 0 rings (SSSR count). The van der Waals surface area contributed by atoms with Gasteiger partial charge in [-0.1, -0.05) is 27.7 Å². The molecule has 0 amide bonds. The van der Waals surface area contributed by atoms with Crippen molar-refractivity contribution in [2.75, 3.05) is 26.4 Å². The molecule has 0 aromatic carbocycles. The molecule has 0 saturated carbocycles. The van der Waals surface area contributed by atoms with Crippen LogP contribution in [-0.4, -0.2) is 37.1 Å². The maximum atomic E-state index is 8.57. The third kappa shape index (κ3) is 6.46. The minimum atomic E-state index is -0.0727. The predicted octanol–water partition coefficient (Wildman–Crippen LogP) is 2.47. The topological polar surface area (TPSA) is 38.7 Å². The smallest absolute Gasteiger partial charge is 0.0708 e. The van der Waals surface area contributed by atoms with Crippen LogP contribution in [0.4, 0.5) is 0 Å². The van der Waals surface area contributed by atoms with Gasteiger partial charge in [-0.25, -0.2) is 0 Å². The zero-order valence-corrected chi connectivity index (χ0v) is 11.5. The van der Waals surface area contributed by atoms with Crippen LogP contribution in [0.2, 0.25) is 0 Å². The van der Waals surface area contributed by atoms with Crippen LogP contribution < -0.4 is 0 Å². The molecule has 0 fully saturated rings. The van der Waals surface area contributed by atoms with Crippen LogP contribution in [0.5, 0.6) is 0 Å². The number of aliphatic hydroxyl groups is 1. The van der Waals surface area contributed by atoms with E-state index >= 15 is 0 Å². The number of rotatable bonds is 9. The molecule has 0 aromatic rings. The first-order valence-corrected chi connectivity index (χ1v) is 6.25. The fourth-order valence-corrected chi connectivity index (χ4v) is 1.77. The Labute approximate surface area is 100 Å². The Bertz CT molecular complexity index is 169. The second-order valence-corrected chi connectivity index (χ2v) is 5.25. The molecular formula is C13H28O3. The number of hydrogen-bond donors (Lipinski definition) is 1. The van der Waals surface area contributed by atoms with Crippen molar-refractivity contribution < 1.29 is 14.6 Å². The Morgan fingerprint density at radius 3 is 2.12 bits per heavy atom. The van der Waals surface area contributed by atoms with Crippen molar-refractivity contribution >= 4 is 0 Å². The van der Waals surface area contributed by atoms with Gasteiger partial charge in [-0.05, 0) is 25.2 Å². The molecule has 1 N–H and O–H groups in total. The molecule has 0 heterocycles. The third-order valence-electron chi connectivity index (χ3n) is 2.93. The Morgan fingerprint density at radius 2 is 1.69 bits per heavy atom. The molecular weight excluding hydrogens is 204 g/mol. The molecule has 0 bridgehead atoms. The van der Waals surface area contributed by atoms with E-state index in [1.807, 2.05) is 0 Å². The van der Waals surface area contributed by atoms with E-state index in [0.717, 1.165) is 6.42 Å². The fraction of sp³-hybridized carbons (Fsp3) is 1.00. The van der Waals surface area contributed by atoms with Crippen LogP contribution >= 0.6 is 0 Å². The zero-order chi connectivity index (χ0) is 12.6. The maximum absolute atomic E-state index is 8.57. The predicted molar refractivity (Wildman–Crippen MR) is 66.6 cm³/mol. The maximum Gasteiger partial charge on any atom is 0.0708 e. The van der Waals surface area contributed by atoms with E-state index in [1.54, 1.807) is 0 Å². The standard InChI is InChI=1S/C13H28O3/c1-11(2)10-13(5,12(3)4)16-9-8-15-7-6-14/h11-12,14H,6-10H2,1-5H3. The van der Waals surface area contributed by atoms with Gasteiger partial charge in [-0.2, -0.15) is 0 Å². The van der Waals surface area contributed by atoms with Crippen LogP contribution in [0.25, 0.3) is 0 Å². The number of ether oxygens (including phenoxy) is 2. The Morgan fingerprint density at radius 1 is 1.06 bits per heavy atom. The lowest BCUT2D eigenvalue weighted by Crippen LogP contribution is -2.37. The van der Waals surface area contributed by atoms with E-state index in [4.69, 9.17) is 14.6 Å². The fourth-order valence-electron chi connectivity index (χ4n) is 1.77. The summed E-state index contributed by atoms with van der Waals surface area (Å²) in [6.07, 6.45) is 1.06. The molecule has 3 heteroatoms. The number of aliphatic hydroxyl groups excluding tert-OH is 1. The third-order valence-corrected chi connectivity index (χ3v) is 2.93. The monoisotopic (exact) mass is 232 g/mol. The summed E-state index contributed by atoms with van der Waals surface area (Å²) in [5.41, 5.74) is -0.0727. The van der Waals surface area contributed by atoms with Gasteiger partial charge >= 0.3 is 0 Å². The molecule has 0 saturated heterocycles. The van der Waals surface area contributed by atoms with E-state index in [2.05, 4.69) is 34.6 Å². The van der Waals surface area contributed by atoms with Gasteiger partial charge in [0.15, 0.2) is 0 Å². The van der Waals surface area contributed by atoms with Gasteiger partial charge in [-0.3, -0.25) is 0 Å². The van der Waals surface area contributed by atoms with Crippen LogP contribution in [0.15, 0.2) is 0 Å². The van der Waals surface area contributed by atoms with Crippen LogP contribution in [-0.2, 0) is 9.47 Å². The Hall–Kier alpha value is -0.120. The first-order chi connectivity index (χ1) is 7.42. The summed E-state index contributed by atoms with van der Waals surface area (Å²) in [4.78, 5) is 0. The summed E-state index contributed by atoms with van der Waals surface area (Å²) in [5.74, 6) is 1.12. The van der Waals surface area contributed by atoms with Crippen molar-refractivity contribution in [3.05, 3.63) is 0 Å². The second kappa shape index (κ2) is 8.04. The molecule has 1 atom stereocenters. The van der Waals surface area contributed by atoms with Crippen molar-refractivity contribution in [2.24, 2.45) is 11.8 Å². The average Bonchev–Trinajstić information content (AvgIpc) is 2.16. The minimum Gasteiger partial charge on any atom is -0.394 e. The zero-order valence-electron chi connectivity index (χ0n) is 11.5. The van der Waals surface area contributed by atoms with E-state index in [-0.39, 0.29) is 12.2 Å². The van der Waals surface area contributed by atoms with Gasteiger partial charge in [0.1, 0.15) is 0 Å². The Kier molecular flexibility index (Phi) is 7.98. The average molecular weight is 232 g/mol. The van der Waals surface area contributed by atoms with Crippen molar-refractivity contribution in [1.29, 1.82) is 0 Å². The normalized spacial score (nSPS) is 15.8. The van der Waals surface area contributed by atoms with Crippen LogP contribution in [0, 0.1) is 11.8 Å². The van der Waals surface area contributed by atoms with Crippen molar-refractivity contribution in [1.82, 2.24) is 0 Å². The summed E-state index contributed by atoms with van der Waals surface area (Å²) >= 11 is 0. The van der Waals surface area contributed by atoms with E-state index in [0.29, 0.717) is 31.7 Å². The summed E-state index contributed by atoms with van der Waals surface area (Å²) in [6, 6.07) is 0. The van der Waals surface area contributed by atoms with Gasteiger partial charge in [0.05, 0.1) is 32.0 Å². The minimum absolute atomic E-state index is 0.0727. The summed E-state index contributed by atoms with van der Waals surface area (Å²) in [6.45, 7) is 12.6. The summed E-state index contributed by atoms with van der Waals surface area (Å²) < 4.78 is 11.1. The van der Waals surface area contributed by atoms with E-state index < -0.39 is 0 Å². The van der Waals surface area contributed by atoms with Gasteiger partial charge in [0.25, 0.3) is 0 Å². The molecule has 0 aliphatic rings. The first-order valence-electron chi connectivity index (χ1n) is 6.25. The van der Waals surface area contributed by atoms with Gasteiger partial charge < -0.3 is 14.6 Å². The van der Waals surface area contributed by atoms with Gasteiger partial charge in [0.2, 0.25) is 0 Å². The molecule has 0 aliphatic carbocycles. The highest BCUT2D eigenvalue weighted by Gasteiger charge is 2.29. The lowest BCUT2D eigenvalue weighted by atomic mass is 9.84. The van der Waals surface area contributed by atoms with Crippen molar-refractivity contribution in [3.8, 4) is 0 Å². The highest BCUT2D eigenvalue weighted by atomic mass is 16.5. The lowest BCUT2D eigenvalue weighted by Gasteiger charge is -2.35. The molecule has 0 spiro atoms. The van der Waals surface area contributed by atoms with E-state index in [1.165, 1.54) is 0 Å². The summed E-state index contributed by atoms with van der Waals surface area (Å²) in [7, 11) is 0. The molecule has 3 nitrogen and oxygen atoms in total. The Balaban J connectivity index is 3.93. The lowest BCUT2D eigenvalue weighted by molar-refractivity contribution is -0.0952. The second-order valence-electron chi connectivity index (χ2n) is 5.25. The SMILES string of the molecule is CC(C)CC(C)(OCCOCCO)C(C)C. The molecule has 0 aromatic heterocycles. The molecule has 1 unspecified atom stereocenters. The summed E-state index contributed by atoms with van der Waals surface area (Å²) in [5, 5.41) is 8.57. The van der Waals surface area contributed by atoms with Crippen molar-refractivity contribution in [2.45, 2.75) is 46.6 Å². The number of hydrogen-bond acceptors (Lipinski definition) is 3. The van der Waals surface area contributed by atoms with Gasteiger partial charge in [-0.15, -0.1) is 0 Å². The molecule has 0 aliphatic heterocycles. The van der Waals surface area contributed by atoms with Gasteiger partial charge in [0, 0.05) is 0 Å². The highest BCUT2D eigenvalue weighted by molar-refractivity contribution is 4.80. The quantitative estimate of drug-likeness (QED) is 0.621. The molecule has 16 heavy (non-hydrogen) atoms. The van der Waals surface area contributed by atoms with Crippen LogP contribution in [0.3, 0.4) is 0 Å². The first kappa shape index (κ1) is 15.9. The van der Waals surface area contributed by atoms with E-state index in [9.17, 15) is 0 Å².